The van der Waals surface area contributed by atoms with E-state index >= 15 is 0 Å². The van der Waals surface area contributed by atoms with Crippen molar-refractivity contribution in [2.24, 2.45) is 0 Å². The Morgan fingerprint density at radius 2 is 2.07 bits per heavy atom. The van der Waals surface area contributed by atoms with Gasteiger partial charge in [-0.05, 0) is 31.1 Å². The first kappa shape index (κ1) is 18.9. The zero-order chi connectivity index (χ0) is 20.2. The summed E-state index contributed by atoms with van der Waals surface area (Å²) in [4.78, 5) is 18.2. The van der Waals surface area contributed by atoms with Crippen LogP contribution in [0, 0.1) is 0 Å². The maximum Gasteiger partial charge on any atom is 0.247 e. The molecule has 0 aliphatic rings. The van der Waals surface area contributed by atoms with E-state index < -0.39 is 0 Å². The van der Waals surface area contributed by atoms with Crippen molar-refractivity contribution in [3.63, 3.8) is 0 Å². The molecule has 29 heavy (non-hydrogen) atoms. The van der Waals surface area contributed by atoms with Crippen LogP contribution >= 0.6 is 0 Å². The summed E-state index contributed by atoms with van der Waals surface area (Å²) in [5, 5.41) is 4.31. The molecule has 1 N–H and O–H groups in total. The molecule has 3 aromatic heterocycles. The Labute approximate surface area is 169 Å². The Bertz CT molecular complexity index is 1170. The van der Waals surface area contributed by atoms with Gasteiger partial charge in [0.15, 0.2) is 11.2 Å². The van der Waals surface area contributed by atoms with Gasteiger partial charge in [-0.3, -0.25) is 4.98 Å². The summed E-state index contributed by atoms with van der Waals surface area (Å²) in [6.45, 7) is 9.20. The lowest BCUT2D eigenvalue weighted by Crippen LogP contribution is -2.06. The molecule has 0 radical (unpaired) electrons. The fraction of sp³-hybridized carbons (Fsp3) is 0.273. The summed E-state index contributed by atoms with van der Waals surface area (Å²) in [7, 11) is 0. The number of fused-ring (bicyclic) bond motifs is 2. The van der Waals surface area contributed by atoms with Gasteiger partial charge < -0.3 is 14.6 Å². The van der Waals surface area contributed by atoms with Crippen molar-refractivity contribution in [1.82, 2.24) is 24.5 Å². The average molecular weight is 388 g/mol. The summed E-state index contributed by atoms with van der Waals surface area (Å²) in [6.07, 6.45) is 5.72. The number of hydrogen-bond donors (Lipinski definition) is 1. The number of para-hydroxylation sites is 1. The lowest BCUT2D eigenvalue weighted by molar-refractivity contribution is 0.343. The van der Waals surface area contributed by atoms with Crippen LogP contribution in [0.3, 0.4) is 0 Å². The van der Waals surface area contributed by atoms with Crippen molar-refractivity contribution in [1.29, 1.82) is 0 Å². The maximum atomic E-state index is 5.87. The molecule has 4 aromatic rings. The van der Waals surface area contributed by atoms with E-state index in [0.29, 0.717) is 24.0 Å². The molecule has 0 unspecified atom stereocenters. The molecule has 3 heterocycles. The number of hydrogen-bond acceptors (Lipinski definition) is 6. The summed E-state index contributed by atoms with van der Waals surface area (Å²) >= 11 is 0. The van der Waals surface area contributed by atoms with Crippen molar-refractivity contribution in [3.05, 3.63) is 55.0 Å². The molecule has 0 saturated heterocycles. The molecular formula is C22H24N6O. The highest BCUT2D eigenvalue weighted by molar-refractivity contribution is 5.83. The number of pyridine rings is 1. The Morgan fingerprint density at radius 1 is 1.21 bits per heavy atom. The van der Waals surface area contributed by atoms with Gasteiger partial charge >= 0.3 is 0 Å². The van der Waals surface area contributed by atoms with E-state index in [2.05, 4.69) is 33.8 Å². The van der Waals surface area contributed by atoms with E-state index in [-0.39, 0.29) is 0 Å². The van der Waals surface area contributed by atoms with Crippen LogP contribution in [-0.2, 0) is 6.54 Å². The van der Waals surface area contributed by atoms with Crippen LogP contribution in [0.4, 0.5) is 11.6 Å². The number of nitrogens with one attached hydrogen (secondary N) is 1. The third-order valence-electron chi connectivity index (χ3n) is 4.49. The van der Waals surface area contributed by atoms with E-state index in [1.54, 1.807) is 12.5 Å². The van der Waals surface area contributed by atoms with Gasteiger partial charge in [-0.1, -0.05) is 38.1 Å². The van der Waals surface area contributed by atoms with Gasteiger partial charge in [0, 0.05) is 11.9 Å². The molecule has 0 bridgehead atoms. The van der Waals surface area contributed by atoms with Crippen LogP contribution < -0.4 is 10.1 Å². The summed E-state index contributed by atoms with van der Waals surface area (Å²) < 4.78 is 7.90. The highest BCUT2D eigenvalue weighted by Gasteiger charge is 2.15. The van der Waals surface area contributed by atoms with Crippen LogP contribution in [0.2, 0.25) is 0 Å². The fourth-order valence-electron chi connectivity index (χ4n) is 3.03. The van der Waals surface area contributed by atoms with Gasteiger partial charge in [0.2, 0.25) is 11.8 Å². The largest absolute Gasteiger partial charge is 0.471 e. The molecule has 0 spiro atoms. The number of rotatable bonds is 8. The molecule has 1 aromatic carbocycles. The molecule has 4 rings (SSSR count). The first-order chi connectivity index (χ1) is 14.1. The van der Waals surface area contributed by atoms with Crippen LogP contribution in [-0.4, -0.2) is 31.1 Å². The minimum Gasteiger partial charge on any atom is -0.471 e. The van der Waals surface area contributed by atoms with Crippen molar-refractivity contribution < 1.29 is 4.74 Å². The molecular weight excluding hydrogens is 364 g/mol. The second-order valence-electron chi connectivity index (χ2n) is 7.10. The number of unbranched alkanes of at least 4 members (excludes halogenated alkanes) is 1. The molecule has 7 heteroatoms. The van der Waals surface area contributed by atoms with Crippen LogP contribution in [0.1, 0.15) is 26.7 Å². The quantitative estimate of drug-likeness (QED) is 0.434. The van der Waals surface area contributed by atoms with Gasteiger partial charge in [-0.25, -0.2) is 4.98 Å². The van der Waals surface area contributed by atoms with E-state index in [1.807, 2.05) is 41.8 Å². The predicted octanol–water partition coefficient (Wildman–Crippen LogP) is 4.87. The predicted molar refractivity (Wildman–Crippen MR) is 116 cm³/mol. The van der Waals surface area contributed by atoms with Gasteiger partial charge in [0.25, 0.3) is 0 Å². The third kappa shape index (κ3) is 4.18. The number of aromatic nitrogens is 5. The second kappa shape index (κ2) is 8.26. The second-order valence-corrected chi connectivity index (χ2v) is 7.10. The lowest BCUT2D eigenvalue weighted by Gasteiger charge is -2.10. The van der Waals surface area contributed by atoms with E-state index in [0.717, 1.165) is 47.2 Å². The van der Waals surface area contributed by atoms with Crippen molar-refractivity contribution in [3.8, 4) is 5.88 Å². The molecule has 148 valence electrons. The molecule has 0 amide bonds. The summed E-state index contributed by atoms with van der Waals surface area (Å²) in [6, 6.07) is 10.0. The Hall–Kier alpha value is -3.48. The molecule has 7 nitrogen and oxygen atoms in total. The molecule has 0 aliphatic heterocycles. The minimum atomic E-state index is 0.380. The van der Waals surface area contributed by atoms with E-state index in [1.165, 1.54) is 0 Å². The highest BCUT2D eigenvalue weighted by atomic mass is 16.5. The number of imidazole rings is 1. The molecule has 0 saturated carbocycles. The number of ether oxygens (including phenoxy) is 1. The van der Waals surface area contributed by atoms with Crippen LogP contribution in [0.5, 0.6) is 5.88 Å². The minimum absolute atomic E-state index is 0.380. The van der Waals surface area contributed by atoms with E-state index in [9.17, 15) is 0 Å². The zero-order valence-electron chi connectivity index (χ0n) is 16.7. The van der Waals surface area contributed by atoms with Gasteiger partial charge in [0.05, 0.1) is 23.7 Å². The van der Waals surface area contributed by atoms with Crippen molar-refractivity contribution in [2.45, 2.75) is 33.2 Å². The average Bonchev–Trinajstić information content (AvgIpc) is 3.13. The Morgan fingerprint density at radius 3 is 2.90 bits per heavy atom. The third-order valence-corrected chi connectivity index (χ3v) is 4.49. The number of benzene rings is 1. The first-order valence-corrected chi connectivity index (χ1v) is 9.76. The SMILES string of the molecule is C=C(C)COc1nc(Nc2cnc3ccccc3c2)nc2c1ncn2CCCC. The molecule has 0 atom stereocenters. The van der Waals surface area contributed by atoms with Gasteiger partial charge in [-0.15, -0.1) is 0 Å². The first-order valence-electron chi connectivity index (χ1n) is 9.76. The monoisotopic (exact) mass is 388 g/mol. The smallest absolute Gasteiger partial charge is 0.247 e. The zero-order valence-corrected chi connectivity index (χ0v) is 16.7. The molecule has 0 fully saturated rings. The number of aryl methyl sites for hydroxylation is 1. The summed E-state index contributed by atoms with van der Waals surface area (Å²) in [5.41, 5.74) is 4.08. The normalized spacial score (nSPS) is 11.1. The van der Waals surface area contributed by atoms with Crippen LogP contribution in [0.25, 0.3) is 22.1 Å². The van der Waals surface area contributed by atoms with Gasteiger partial charge in [-0.2, -0.15) is 9.97 Å². The lowest BCUT2D eigenvalue weighted by atomic mass is 10.2. The maximum absolute atomic E-state index is 5.87. The van der Waals surface area contributed by atoms with E-state index in [4.69, 9.17) is 9.72 Å². The van der Waals surface area contributed by atoms with Crippen molar-refractivity contribution in [2.75, 3.05) is 11.9 Å². The number of nitrogens with zero attached hydrogens (tertiary/aromatic N) is 5. The molecule has 0 aliphatic carbocycles. The van der Waals surface area contributed by atoms with Crippen LogP contribution in [0.15, 0.2) is 55.0 Å². The highest BCUT2D eigenvalue weighted by Crippen LogP contribution is 2.26. The Balaban J connectivity index is 1.72. The fourth-order valence-corrected chi connectivity index (χ4v) is 3.03. The standard InChI is InChI=1S/C22H24N6O/c1-4-5-10-28-14-24-19-20(28)26-22(27-21(19)29-13-15(2)3)25-17-11-16-8-6-7-9-18(16)23-12-17/h6-9,11-12,14H,2,4-5,10,13H2,1,3H3,(H,25,26,27). The Kier molecular flexibility index (Phi) is 5.37. The number of anilines is 2. The van der Waals surface area contributed by atoms with Crippen molar-refractivity contribution >= 4 is 33.7 Å². The van der Waals surface area contributed by atoms with Gasteiger partial charge in [0.1, 0.15) is 6.61 Å². The topological polar surface area (TPSA) is 77.8 Å². The summed E-state index contributed by atoms with van der Waals surface area (Å²) in [5.74, 6) is 0.897.